The van der Waals surface area contributed by atoms with E-state index in [2.05, 4.69) is 21.2 Å². The third-order valence-corrected chi connectivity index (χ3v) is 3.49. The lowest BCUT2D eigenvalue weighted by atomic mass is 9.99. The molecule has 0 aromatic heterocycles. The second-order valence-corrected chi connectivity index (χ2v) is 7.12. The Balaban J connectivity index is 2.89. The van der Waals surface area contributed by atoms with Crippen molar-refractivity contribution >= 4 is 27.8 Å². The number of ether oxygens (including phenoxy) is 1. The molecule has 0 saturated carbocycles. The van der Waals surface area contributed by atoms with Crippen molar-refractivity contribution < 1.29 is 14.3 Å². The smallest absolute Gasteiger partial charge is 0.408 e. The van der Waals surface area contributed by atoms with Crippen LogP contribution >= 0.6 is 15.9 Å². The van der Waals surface area contributed by atoms with Crippen LogP contribution in [0.2, 0.25) is 0 Å². The molecule has 1 atom stereocenters. The topological polar surface area (TPSA) is 55.4 Å². The van der Waals surface area contributed by atoms with Gasteiger partial charge in [0.25, 0.3) is 0 Å². The van der Waals surface area contributed by atoms with Crippen molar-refractivity contribution in [1.29, 1.82) is 0 Å². The second-order valence-electron chi connectivity index (χ2n) is 6.20. The lowest BCUT2D eigenvalue weighted by Gasteiger charge is -2.23. The van der Waals surface area contributed by atoms with Crippen molar-refractivity contribution in [3.8, 4) is 0 Å². The SMILES string of the molecule is CCCCC(=O)[C@H](NC(=O)OC(C)(C)C)c1ccc(Br)cc1. The summed E-state index contributed by atoms with van der Waals surface area (Å²) in [5.41, 5.74) is 0.163. The van der Waals surface area contributed by atoms with E-state index in [-0.39, 0.29) is 5.78 Å². The van der Waals surface area contributed by atoms with Gasteiger partial charge in [0.2, 0.25) is 0 Å². The first-order valence-corrected chi connectivity index (χ1v) is 8.30. The van der Waals surface area contributed by atoms with Crippen LogP contribution in [0.5, 0.6) is 0 Å². The Hall–Kier alpha value is -1.36. The molecule has 0 fully saturated rings. The van der Waals surface area contributed by atoms with Crippen molar-refractivity contribution in [3.63, 3.8) is 0 Å². The van der Waals surface area contributed by atoms with Crippen molar-refractivity contribution in [2.45, 2.75) is 58.6 Å². The van der Waals surface area contributed by atoms with Gasteiger partial charge in [0.15, 0.2) is 5.78 Å². The predicted octanol–water partition coefficient (Wildman–Crippen LogP) is 4.77. The highest BCUT2D eigenvalue weighted by molar-refractivity contribution is 9.10. The van der Waals surface area contributed by atoms with E-state index in [9.17, 15) is 9.59 Å². The van der Waals surface area contributed by atoms with Gasteiger partial charge in [0, 0.05) is 10.9 Å². The van der Waals surface area contributed by atoms with Gasteiger partial charge < -0.3 is 10.1 Å². The van der Waals surface area contributed by atoms with Crippen molar-refractivity contribution in [2.24, 2.45) is 0 Å². The Labute approximate surface area is 140 Å². The van der Waals surface area contributed by atoms with Gasteiger partial charge in [-0.2, -0.15) is 0 Å². The van der Waals surface area contributed by atoms with E-state index in [1.54, 1.807) is 20.8 Å². The summed E-state index contributed by atoms with van der Waals surface area (Å²) in [5.74, 6) is -0.00460. The minimum absolute atomic E-state index is 0.00460. The van der Waals surface area contributed by atoms with Crippen LogP contribution in [-0.2, 0) is 9.53 Å². The molecule has 0 unspecified atom stereocenters. The molecule has 0 bridgehead atoms. The van der Waals surface area contributed by atoms with E-state index >= 15 is 0 Å². The largest absolute Gasteiger partial charge is 0.444 e. The standard InChI is InChI=1S/C17H24BrNO3/c1-5-6-7-14(20)15(12-8-10-13(18)11-9-12)19-16(21)22-17(2,3)4/h8-11,15H,5-7H2,1-4H3,(H,19,21)/t15-/m1/s1. The fourth-order valence-electron chi connectivity index (χ4n) is 1.93. The number of carbonyl (C=O) groups is 2. The summed E-state index contributed by atoms with van der Waals surface area (Å²) in [6, 6.07) is 6.69. The van der Waals surface area contributed by atoms with E-state index in [0.29, 0.717) is 6.42 Å². The lowest BCUT2D eigenvalue weighted by molar-refractivity contribution is -0.121. The molecule has 0 radical (unpaired) electrons. The highest BCUT2D eigenvalue weighted by Crippen LogP contribution is 2.20. The molecule has 5 heteroatoms. The number of rotatable bonds is 6. The summed E-state index contributed by atoms with van der Waals surface area (Å²) in [6.07, 6.45) is 1.60. The number of unbranched alkanes of at least 4 members (excludes halogenated alkanes) is 1. The summed E-state index contributed by atoms with van der Waals surface area (Å²) in [7, 11) is 0. The van der Waals surface area contributed by atoms with Crippen LogP contribution in [0.3, 0.4) is 0 Å². The summed E-state index contributed by atoms with van der Waals surface area (Å²) >= 11 is 3.37. The summed E-state index contributed by atoms with van der Waals surface area (Å²) < 4.78 is 6.18. The number of ketones is 1. The minimum Gasteiger partial charge on any atom is -0.444 e. The van der Waals surface area contributed by atoms with Crippen LogP contribution in [0, 0.1) is 0 Å². The Morgan fingerprint density at radius 3 is 2.32 bits per heavy atom. The number of halogens is 1. The van der Waals surface area contributed by atoms with Crippen LogP contribution < -0.4 is 5.32 Å². The quantitative estimate of drug-likeness (QED) is 0.785. The minimum atomic E-state index is -0.672. The molecule has 1 aromatic carbocycles. The number of amides is 1. The monoisotopic (exact) mass is 369 g/mol. The van der Waals surface area contributed by atoms with Crippen molar-refractivity contribution in [1.82, 2.24) is 5.32 Å². The highest BCUT2D eigenvalue weighted by Gasteiger charge is 2.25. The Bertz CT molecular complexity index is 506. The van der Waals surface area contributed by atoms with Gasteiger partial charge in [-0.3, -0.25) is 4.79 Å². The van der Waals surface area contributed by atoms with Gasteiger partial charge in [-0.1, -0.05) is 41.4 Å². The molecule has 0 aliphatic heterocycles. The van der Waals surface area contributed by atoms with Crippen molar-refractivity contribution in [3.05, 3.63) is 34.3 Å². The Morgan fingerprint density at radius 1 is 1.23 bits per heavy atom. The molecule has 22 heavy (non-hydrogen) atoms. The van der Waals surface area contributed by atoms with E-state index in [1.165, 1.54) is 0 Å². The third kappa shape index (κ3) is 6.60. The van der Waals surface area contributed by atoms with Crippen molar-refractivity contribution in [2.75, 3.05) is 0 Å². The molecule has 0 heterocycles. The maximum absolute atomic E-state index is 12.4. The van der Waals surface area contributed by atoms with Crippen LogP contribution in [-0.4, -0.2) is 17.5 Å². The van der Waals surface area contributed by atoms with Gasteiger partial charge in [-0.05, 0) is 44.9 Å². The molecule has 4 nitrogen and oxygen atoms in total. The number of hydrogen-bond donors (Lipinski definition) is 1. The maximum atomic E-state index is 12.4. The first kappa shape index (κ1) is 18.7. The maximum Gasteiger partial charge on any atom is 0.408 e. The van der Waals surface area contributed by atoms with E-state index in [0.717, 1.165) is 22.9 Å². The molecule has 1 N–H and O–H groups in total. The number of alkyl carbamates (subject to hydrolysis) is 1. The molecule has 1 rings (SSSR count). The zero-order valence-corrected chi connectivity index (χ0v) is 15.2. The Kier molecular flexibility index (Phi) is 7.07. The lowest BCUT2D eigenvalue weighted by Crippen LogP contribution is -2.38. The van der Waals surface area contributed by atoms with Gasteiger partial charge in [-0.15, -0.1) is 0 Å². The van der Waals surface area contributed by atoms with E-state index in [4.69, 9.17) is 4.74 Å². The normalized spacial score (nSPS) is 12.6. The van der Waals surface area contributed by atoms with E-state index < -0.39 is 17.7 Å². The number of benzene rings is 1. The van der Waals surface area contributed by atoms with E-state index in [1.807, 2.05) is 31.2 Å². The molecule has 0 aliphatic carbocycles. The zero-order valence-electron chi connectivity index (χ0n) is 13.6. The molecule has 0 aliphatic rings. The second kappa shape index (κ2) is 8.32. The molecule has 122 valence electrons. The Morgan fingerprint density at radius 2 is 1.82 bits per heavy atom. The predicted molar refractivity (Wildman–Crippen MR) is 90.8 cm³/mol. The van der Waals surface area contributed by atoms with Gasteiger partial charge >= 0.3 is 6.09 Å². The average Bonchev–Trinajstić information content (AvgIpc) is 2.41. The average molecular weight is 370 g/mol. The van der Waals surface area contributed by atoms with Crippen LogP contribution in [0.1, 0.15) is 58.6 Å². The molecule has 0 saturated heterocycles. The number of hydrogen-bond acceptors (Lipinski definition) is 3. The molecular weight excluding hydrogens is 346 g/mol. The van der Waals surface area contributed by atoms with Crippen LogP contribution in [0.4, 0.5) is 4.79 Å². The van der Waals surface area contributed by atoms with Crippen LogP contribution in [0.15, 0.2) is 28.7 Å². The summed E-state index contributed by atoms with van der Waals surface area (Å²) in [6.45, 7) is 7.41. The number of Topliss-reactive ketones (excluding diaryl/α,β-unsaturated/α-hetero) is 1. The number of nitrogens with one attached hydrogen (secondary N) is 1. The number of carbonyl (C=O) groups excluding carboxylic acids is 2. The first-order chi connectivity index (χ1) is 10.2. The van der Waals surface area contributed by atoms with Gasteiger partial charge in [0.05, 0.1) is 0 Å². The first-order valence-electron chi connectivity index (χ1n) is 7.50. The fraction of sp³-hybridized carbons (Fsp3) is 0.529. The van der Waals surface area contributed by atoms with Gasteiger partial charge in [-0.25, -0.2) is 4.79 Å². The molecule has 1 aromatic rings. The molecule has 1 amide bonds. The summed E-state index contributed by atoms with van der Waals surface area (Å²) in [4.78, 5) is 24.4. The fourth-order valence-corrected chi connectivity index (χ4v) is 2.19. The van der Waals surface area contributed by atoms with Gasteiger partial charge in [0.1, 0.15) is 11.6 Å². The van der Waals surface area contributed by atoms with Crippen LogP contribution in [0.25, 0.3) is 0 Å². The zero-order chi connectivity index (χ0) is 16.8. The molecule has 0 spiro atoms. The molecular formula is C17H24BrNO3. The third-order valence-electron chi connectivity index (χ3n) is 2.96. The summed E-state index contributed by atoms with van der Waals surface area (Å²) in [5, 5.41) is 2.69. The highest BCUT2D eigenvalue weighted by atomic mass is 79.9.